The second-order valence-electron chi connectivity index (χ2n) is 6.76. The zero-order valence-electron chi connectivity index (χ0n) is 15.1. The predicted molar refractivity (Wildman–Crippen MR) is 102 cm³/mol. The molecule has 1 fully saturated rings. The zero-order valence-corrected chi connectivity index (χ0v) is 16.0. The summed E-state index contributed by atoms with van der Waals surface area (Å²) in [6, 6.07) is 16.6. The molecule has 0 saturated heterocycles. The SMILES string of the molecule is CCCOc1cccc(C2CCC(OS(=O)(=O)c3ccccc3)CC2)c1. The fourth-order valence-electron chi connectivity index (χ4n) is 3.39. The third-order valence-electron chi connectivity index (χ3n) is 4.77. The number of ether oxygens (including phenoxy) is 1. The van der Waals surface area contributed by atoms with Gasteiger partial charge in [0.15, 0.2) is 0 Å². The highest BCUT2D eigenvalue weighted by Gasteiger charge is 2.27. The lowest BCUT2D eigenvalue weighted by Crippen LogP contribution is -2.24. The van der Waals surface area contributed by atoms with Crippen LogP contribution < -0.4 is 4.74 Å². The van der Waals surface area contributed by atoms with Crippen LogP contribution in [-0.2, 0) is 14.3 Å². The maximum atomic E-state index is 12.4. The lowest BCUT2D eigenvalue weighted by atomic mass is 9.83. The highest BCUT2D eigenvalue weighted by molar-refractivity contribution is 7.86. The van der Waals surface area contributed by atoms with Crippen LogP contribution in [0.25, 0.3) is 0 Å². The summed E-state index contributed by atoms with van der Waals surface area (Å²) < 4.78 is 35.9. The summed E-state index contributed by atoms with van der Waals surface area (Å²) in [5.41, 5.74) is 1.27. The topological polar surface area (TPSA) is 52.6 Å². The monoisotopic (exact) mass is 374 g/mol. The Balaban J connectivity index is 1.58. The van der Waals surface area contributed by atoms with E-state index < -0.39 is 10.1 Å². The van der Waals surface area contributed by atoms with E-state index in [1.54, 1.807) is 30.3 Å². The van der Waals surface area contributed by atoms with Crippen molar-refractivity contribution in [1.82, 2.24) is 0 Å². The van der Waals surface area contributed by atoms with Gasteiger partial charge in [-0.25, -0.2) is 0 Å². The van der Waals surface area contributed by atoms with Gasteiger partial charge in [-0.15, -0.1) is 0 Å². The van der Waals surface area contributed by atoms with Crippen molar-refractivity contribution in [3.63, 3.8) is 0 Å². The van der Waals surface area contributed by atoms with Crippen LogP contribution in [0.1, 0.15) is 50.5 Å². The highest BCUT2D eigenvalue weighted by Crippen LogP contribution is 2.36. The number of rotatable bonds is 7. The molecule has 0 bridgehead atoms. The molecule has 26 heavy (non-hydrogen) atoms. The Morgan fingerprint density at radius 3 is 2.38 bits per heavy atom. The van der Waals surface area contributed by atoms with Crippen LogP contribution in [0.5, 0.6) is 5.75 Å². The molecule has 5 heteroatoms. The summed E-state index contributed by atoms with van der Waals surface area (Å²) in [5, 5.41) is 0. The lowest BCUT2D eigenvalue weighted by Gasteiger charge is -2.28. The minimum absolute atomic E-state index is 0.225. The molecular formula is C21H26O4S. The molecule has 2 aromatic carbocycles. The molecule has 0 N–H and O–H groups in total. The Morgan fingerprint density at radius 2 is 1.69 bits per heavy atom. The molecule has 0 spiro atoms. The largest absolute Gasteiger partial charge is 0.494 e. The van der Waals surface area contributed by atoms with E-state index in [1.807, 2.05) is 12.1 Å². The minimum Gasteiger partial charge on any atom is -0.494 e. The summed E-state index contributed by atoms with van der Waals surface area (Å²) in [7, 11) is -3.68. The zero-order chi connectivity index (χ0) is 18.4. The first-order valence-corrected chi connectivity index (χ1v) is 10.7. The number of benzene rings is 2. The van der Waals surface area contributed by atoms with Crippen LogP contribution in [0, 0.1) is 0 Å². The smallest absolute Gasteiger partial charge is 0.297 e. The van der Waals surface area contributed by atoms with Crippen molar-refractivity contribution in [2.75, 3.05) is 6.61 Å². The van der Waals surface area contributed by atoms with Gasteiger partial charge in [0, 0.05) is 0 Å². The van der Waals surface area contributed by atoms with E-state index in [1.165, 1.54) is 5.56 Å². The third-order valence-corrected chi connectivity index (χ3v) is 6.15. The van der Waals surface area contributed by atoms with Crippen LogP contribution in [0.2, 0.25) is 0 Å². The third kappa shape index (κ3) is 4.86. The van der Waals surface area contributed by atoms with Gasteiger partial charge >= 0.3 is 0 Å². The predicted octanol–water partition coefficient (Wildman–Crippen LogP) is 4.91. The van der Waals surface area contributed by atoms with Gasteiger partial charge in [-0.05, 0) is 67.9 Å². The number of hydrogen-bond donors (Lipinski definition) is 0. The van der Waals surface area contributed by atoms with Gasteiger partial charge in [-0.3, -0.25) is 4.18 Å². The van der Waals surface area contributed by atoms with E-state index in [0.29, 0.717) is 5.92 Å². The quantitative estimate of drug-likeness (QED) is 0.646. The molecular weight excluding hydrogens is 348 g/mol. The van der Waals surface area contributed by atoms with Gasteiger partial charge in [0.25, 0.3) is 10.1 Å². The van der Waals surface area contributed by atoms with Crippen molar-refractivity contribution in [2.24, 2.45) is 0 Å². The fourth-order valence-corrected chi connectivity index (χ4v) is 4.54. The van der Waals surface area contributed by atoms with Gasteiger partial charge in [0.2, 0.25) is 0 Å². The minimum atomic E-state index is -3.68. The molecule has 0 aromatic heterocycles. The van der Waals surface area contributed by atoms with Gasteiger partial charge < -0.3 is 4.74 Å². The Morgan fingerprint density at radius 1 is 0.962 bits per heavy atom. The van der Waals surface area contributed by atoms with E-state index in [9.17, 15) is 8.42 Å². The average Bonchev–Trinajstić information content (AvgIpc) is 2.67. The Labute approximate surface area is 156 Å². The fraction of sp³-hybridized carbons (Fsp3) is 0.429. The summed E-state index contributed by atoms with van der Waals surface area (Å²) in [6.07, 6.45) is 4.09. The van der Waals surface area contributed by atoms with Crippen molar-refractivity contribution in [2.45, 2.75) is 55.9 Å². The Bertz CT molecular complexity index is 794. The molecule has 0 heterocycles. The molecule has 0 aliphatic heterocycles. The molecule has 140 valence electrons. The van der Waals surface area contributed by atoms with E-state index in [-0.39, 0.29) is 11.0 Å². The molecule has 1 saturated carbocycles. The molecule has 1 aliphatic rings. The Kier molecular flexibility index (Phi) is 6.33. The van der Waals surface area contributed by atoms with Crippen LogP contribution in [0.3, 0.4) is 0 Å². The first-order valence-electron chi connectivity index (χ1n) is 9.29. The molecule has 0 radical (unpaired) electrons. The van der Waals surface area contributed by atoms with Gasteiger partial charge in [0.1, 0.15) is 5.75 Å². The van der Waals surface area contributed by atoms with Crippen LogP contribution >= 0.6 is 0 Å². The summed E-state index contributed by atoms with van der Waals surface area (Å²) in [6.45, 7) is 2.82. The standard InChI is InChI=1S/C21H26O4S/c1-2-15-24-20-8-6-7-18(16-20)17-11-13-19(14-12-17)25-26(22,23)21-9-4-3-5-10-21/h3-10,16-17,19H,2,11-15H2,1H3. The van der Waals surface area contributed by atoms with Gasteiger partial charge in [-0.2, -0.15) is 8.42 Å². The van der Waals surface area contributed by atoms with E-state index in [2.05, 4.69) is 19.1 Å². The average molecular weight is 375 g/mol. The van der Waals surface area contributed by atoms with Crippen LogP contribution in [-0.4, -0.2) is 21.1 Å². The molecule has 0 unspecified atom stereocenters. The van der Waals surface area contributed by atoms with E-state index >= 15 is 0 Å². The van der Waals surface area contributed by atoms with Crippen molar-refractivity contribution >= 4 is 10.1 Å². The normalized spacial score (nSPS) is 20.7. The maximum absolute atomic E-state index is 12.4. The van der Waals surface area contributed by atoms with Crippen molar-refractivity contribution in [3.05, 3.63) is 60.2 Å². The molecule has 0 atom stereocenters. The second-order valence-corrected chi connectivity index (χ2v) is 8.33. The first kappa shape index (κ1) is 18.9. The molecule has 0 amide bonds. The van der Waals surface area contributed by atoms with Crippen molar-refractivity contribution in [3.8, 4) is 5.75 Å². The summed E-state index contributed by atoms with van der Waals surface area (Å²) in [5.74, 6) is 1.34. The lowest BCUT2D eigenvalue weighted by molar-refractivity contribution is 0.153. The van der Waals surface area contributed by atoms with E-state index in [0.717, 1.165) is 44.5 Å². The van der Waals surface area contributed by atoms with Gasteiger partial charge in [-0.1, -0.05) is 37.3 Å². The van der Waals surface area contributed by atoms with Crippen molar-refractivity contribution < 1.29 is 17.3 Å². The molecule has 1 aliphatic carbocycles. The first-order chi connectivity index (χ1) is 12.6. The highest BCUT2D eigenvalue weighted by atomic mass is 32.2. The molecule has 4 nitrogen and oxygen atoms in total. The summed E-state index contributed by atoms with van der Waals surface area (Å²) >= 11 is 0. The van der Waals surface area contributed by atoms with Crippen LogP contribution in [0.15, 0.2) is 59.5 Å². The second kappa shape index (κ2) is 8.69. The van der Waals surface area contributed by atoms with Crippen molar-refractivity contribution in [1.29, 1.82) is 0 Å². The number of hydrogen-bond acceptors (Lipinski definition) is 4. The van der Waals surface area contributed by atoms with E-state index in [4.69, 9.17) is 8.92 Å². The molecule has 3 rings (SSSR count). The Hall–Kier alpha value is -1.85. The maximum Gasteiger partial charge on any atom is 0.297 e. The molecule has 2 aromatic rings. The van der Waals surface area contributed by atoms with Gasteiger partial charge in [0.05, 0.1) is 17.6 Å². The summed E-state index contributed by atoms with van der Waals surface area (Å²) in [4.78, 5) is 0.225. The van der Waals surface area contributed by atoms with Crippen LogP contribution in [0.4, 0.5) is 0 Å².